The highest BCUT2D eigenvalue weighted by Crippen LogP contribution is 2.20. The molecule has 7 heteroatoms. The van der Waals surface area contributed by atoms with Crippen LogP contribution in [0.2, 0.25) is 0 Å². The van der Waals surface area contributed by atoms with Crippen molar-refractivity contribution in [2.45, 2.75) is 32.2 Å². The lowest BCUT2D eigenvalue weighted by molar-refractivity contribution is -0.131. The summed E-state index contributed by atoms with van der Waals surface area (Å²) in [6, 6.07) is 14.1. The zero-order chi connectivity index (χ0) is 20.0. The smallest absolute Gasteiger partial charge is 0.243 e. The minimum absolute atomic E-state index is 0.135. The summed E-state index contributed by atoms with van der Waals surface area (Å²) in [6.07, 6.45) is 0. The van der Waals surface area contributed by atoms with Gasteiger partial charge < -0.3 is 4.90 Å². The maximum atomic E-state index is 13.2. The number of hydrogen-bond acceptors (Lipinski definition) is 3. The van der Waals surface area contributed by atoms with Crippen LogP contribution < -0.4 is 0 Å². The summed E-state index contributed by atoms with van der Waals surface area (Å²) in [5.41, 5.74) is 1.80. The van der Waals surface area contributed by atoms with Gasteiger partial charge in [0.25, 0.3) is 0 Å². The van der Waals surface area contributed by atoms with Gasteiger partial charge in [-0.3, -0.25) is 4.79 Å². The number of likely N-dealkylation sites (N-methyl/N-ethyl adjacent to an activating group) is 1. The number of carbonyl (C=O) groups excluding carboxylic acids is 1. The molecule has 0 N–H and O–H groups in total. The number of halogens is 1. The second-order valence-corrected chi connectivity index (χ2v) is 9.13. The van der Waals surface area contributed by atoms with Gasteiger partial charge in [0, 0.05) is 24.1 Å². The Hall–Kier alpha value is -1.70. The number of aryl methyl sites for hydroxylation is 1. The van der Waals surface area contributed by atoms with E-state index in [9.17, 15) is 13.2 Å². The Bertz CT molecular complexity index is 861. The van der Waals surface area contributed by atoms with Gasteiger partial charge in [-0.1, -0.05) is 45.8 Å². The predicted molar refractivity (Wildman–Crippen MR) is 111 cm³/mol. The molecule has 2 aromatic rings. The van der Waals surface area contributed by atoms with Crippen LogP contribution in [0, 0.1) is 6.92 Å². The van der Waals surface area contributed by atoms with E-state index < -0.39 is 10.0 Å². The highest BCUT2D eigenvalue weighted by atomic mass is 79.9. The molecule has 0 aliphatic carbocycles. The Morgan fingerprint density at radius 2 is 1.52 bits per heavy atom. The zero-order valence-electron chi connectivity index (χ0n) is 15.9. The van der Waals surface area contributed by atoms with Crippen LogP contribution in [-0.4, -0.2) is 43.2 Å². The molecule has 0 spiro atoms. The van der Waals surface area contributed by atoms with Crippen LogP contribution in [-0.2, 0) is 21.4 Å². The van der Waals surface area contributed by atoms with E-state index in [2.05, 4.69) is 15.9 Å². The first-order valence-corrected chi connectivity index (χ1v) is 11.1. The van der Waals surface area contributed by atoms with Gasteiger partial charge in [0.05, 0.1) is 11.4 Å². The van der Waals surface area contributed by atoms with Crippen LogP contribution >= 0.6 is 15.9 Å². The van der Waals surface area contributed by atoms with Crippen LogP contribution in [0.1, 0.15) is 25.0 Å². The normalized spacial score (nSPS) is 11.6. The average molecular weight is 453 g/mol. The molecule has 0 bridgehead atoms. The topological polar surface area (TPSA) is 57.7 Å². The molecule has 0 saturated heterocycles. The van der Waals surface area contributed by atoms with Crippen molar-refractivity contribution >= 4 is 31.9 Å². The highest BCUT2D eigenvalue weighted by Gasteiger charge is 2.28. The largest absolute Gasteiger partial charge is 0.342 e. The standard InChI is InChI=1S/C20H25BrN2O3S/c1-4-22(5-2)20(24)15-23(14-17-8-10-18(21)11-9-17)27(25,26)19-12-6-16(3)7-13-19/h6-13H,4-5,14-15H2,1-3H3. The van der Waals surface area contributed by atoms with Crippen molar-refractivity contribution in [1.29, 1.82) is 0 Å². The van der Waals surface area contributed by atoms with E-state index >= 15 is 0 Å². The van der Waals surface area contributed by atoms with Gasteiger partial charge in [0.2, 0.25) is 15.9 Å². The molecule has 0 heterocycles. The van der Waals surface area contributed by atoms with E-state index in [0.29, 0.717) is 13.1 Å². The van der Waals surface area contributed by atoms with Crippen LogP contribution in [0.25, 0.3) is 0 Å². The third-order valence-electron chi connectivity index (χ3n) is 4.36. The molecular weight excluding hydrogens is 428 g/mol. The van der Waals surface area contributed by atoms with E-state index in [1.165, 1.54) is 4.31 Å². The number of benzene rings is 2. The van der Waals surface area contributed by atoms with E-state index in [1.807, 2.05) is 45.0 Å². The fourth-order valence-corrected chi connectivity index (χ4v) is 4.35. The zero-order valence-corrected chi connectivity index (χ0v) is 18.3. The molecule has 0 aromatic heterocycles. The molecule has 0 radical (unpaired) electrons. The summed E-state index contributed by atoms with van der Waals surface area (Å²) in [6.45, 7) is 6.71. The van der Waals surface area contributed by atoms with E-state index in [0.717, 1.165) is 15.6 Å². The molecule has 0 fully saturated rings. The minimum Gasteiger partial charge on any atom is -0.342 e. The summed E-state index contributed by atoms with van der Waals surface area (Å²) in [4.78, 5) is 14.4. The van der Waals surface area contributed by atoms with Crippen molar-refractivity contribution in [2.75, 3.05) is 19.6 Å². The summed E-state index contributed by atoms with van der Waals surface area (Å²) in [5, 5.41) is 0. The van der Waals surface area contributed by atoms with Gasteiger partial charge in [0.1, 0.15) is 0 Å². The first-order chi connectivity index (χ1) is 12.8. The second-order valence-electron chi connectivity index (χ2n) is 6.28. The summed E-state index contributed by atoms with van der Waals surface area (Å²) < 4.78 is 28.6. The summed E-state index contributed by atoms with van der Waals surface area (Å²) in [5.74, 6) is -0.201. The number of amides is 1. The number of carbonyl (C=O) groups is 1. The minimum atomic E-state index is -3.80. The fraction of sp³-hybridized carbons (Fsp3) is 0.350. The Kier molecular flexibility index (Phi) is 7.59. The molecule has 0 atom stereocenters. The first-order valence-electron chi connectivity index (χ1n) is 8.87. The molecule has 0 aliphatic heterocycles. The maximum Gasteiger partial charge on any atom is 0.243 e. The van der Waals surface area contributed by atoms with Crippen LogP contribution in [0.5, 0.6) is 0 Å². The maximum absolute atomic E-state index is 13.2. The lowest BCUT2D eigenvalue weighted by atomic mass is 10.2. The SMILES string of the molecule is CCN(CC)C(=O)CN(Cc1ccc(Br)cc1)S(=O)(=O)c1ccc(C)cc1. The molecule has 0 unspecified atom stereocenters. The van der Waals surface area contributed by atoms with E-state index in [4.69, 9.17) is 0 Å². The molecule has 0 aliphatic rings. The van der Waals surface area contributed by atoms with Gasteiger partial charge >= 0.3 is 0 Å². The molecule has 146 valence electrons. The van der Waals surface area contributed by atoms with Crippen molar-refractivity contribution in [1.82, 2.24) is 9.21 Å². The number of rotatable bonds is 8. The van der Waals surface area contributed by atoms with Crippen LogP contribution in [0.3, 0.4) is 0 Å². The van der Waals surface area contributed by atoms with Crippen molar-refractivity contribution in [3.05, 3.63) is 64.1 Å². The van der Waals surface area contributed by atoms with Crippen molar-refractivity contribution in [2.24, 2.45) is 0 Å². The second kappa shape index (κ2) is 9.48. The Balaban J connectivity index is 2.36. The summed E-state index contributed by atoms with van der Waals surface area (Å²) in [7, 11) is -3.80. The molecular formula is C20H25BrN2O3S. The molecule has 5 nitrogen and oxygen atoms in total. The first kappa shape index (κ1) is 21.6. The van der Waals surface area contributed by atoms with Crippen molar-refractivity contribution in [3.8, 4) is 0 Å². The average Bonchev–Trinajstić information content (AvgIpc) is 2.64. The Morgan fingerprint density at radius 1 is 0.963 bits per heavy atom. The van der Waals surface area contributed by atoms with Gasteiger partial charge in [-0.25, -0.2) is 8.42 Å². The number of nitrogens with zero attached hydrogens (tertiary/aromatic N) is 2. The van der Waals surface area contributed by atoms with E-state index in [-0.39, 0.29) is 23.9 Å². The molecule has 27 heavy (non-hydrogen) atoms. The quantitative estimate of drug-likeness (QED) is 0.611. The summed E-state index contributed by atoms with van der Waals surface area (Å²) >= 11 is 3.38. The van der Waals surface area contributed by atoms with Gasteiger partial charge in [-0.2, -0.15) is 4.31 Å². The monoisotopic (exact) mass is 452 g/mol. The molecule has 2 aromatic carbocycles. The highest BCUT2D eigenvalue weighted by molar-refractivity contribution is 9.10. The number of sulfonamides is 1. The number of hydrogen-bond donors (Lipinski definition) is 0. The molecule has 2 rings (SSSR count). The van der Waals surface area contributed by atoms with E-state index in [1.54, 1.807) is 29.2 Å². The van der Waals surface area contributed by atoms with Crippen molar-refractivity contribution in [3.63, 3.8) is 0 Å². The Labute approximate surface area is 170 Å². The van der Waals surface area contributed by atoms with Gasteiger partial charge in [-0.05, 0) is 50.6 Å². The van der Waals surface area contributed by atoms with Crippen LogP contribution in [0.4, 0.5) is 0 Å². The Morgan fingerprint density at radius 3 is 2.04 bits per heavy atom. The van der Waals surface area contributed by atoms with Crippen LogP contribution in [0.15, 0.2) is 57.9 Å². The van der Waals surface area contributed by atoms with Gasteiger partial charge in [0.15, 0.2) is 0 Å². The molecule has 1 amide bonds. The lowest BCUT2D eigenvalue weighted by Gasteiger charge is -2.26. The van der Waals surface area contributed by atoms with Crippen molar-refractivity contribution < 1.29 is 13.2 Å². The lowest BCUT2D eigenvalue weighted by Crippen LogP contribution is -2.42. The third kappa shape index (κ3) is 5.64. The third-order valence-corrected chi connectivity index (χ3v) is 6.69. The predicted octanol–water partition coefficient (Wildman–Crippen LogP) is 3.82. The molecule has 0 saturated carbocycles. The fourth-order valence-electron chi connectivity index (χ4n) is 2.71. The van der Waals surface area contributed by atoms with Gasteiger partial charge in [-0.15, -0.1) is 0 Å².